The molecule has 146 valence electrons. The summed E-state index contributed by atoms with van der Waals surface area (Å²) in [6.07, 6.45) is 4.99. The van der Waals surface area contributed by atoms with E-state index in [1.54, 1.807) is 31.3 Å². The van der Waals surface area contributed by atoms with Gasteiger partial charge in [0.05, 0.1) is 36.4 Å². The van der Waals surface area contributed by atoms with Crippen LogP contribution in [0.2, 0.25) is 0 Å². The number of aromatic nitrogens is 4. The molecule has 3 aromatic rings. The van der Waals surface area contributed by atoms with Crippen molar-refractivity contribution in [1.29, 1.82) is 0 Å². The van der Waals surface area contributed by atoms with Gasteiger partial charge in [0, 0.05) is 25.0 Å². The first-order chi connectivity index (χ1) is 13.4. The van der Waals surface area contributed by atoms with E-state index in [-0.39, 0.29) is 29.6 Å². The number of nitrogens with zero attached hydrogens (tertiary/aromatic N) is 5. The number of nitrogens with one attached hydrogen (secondary N) is 2. The van der Waals surface area contributed by atoms with Crippen molar-refractivity contribution in [3.05, 3.63) is 48.1 Å². The largest absolute Gasteiger partial charge is 0.351 e. The number of amides is 1. The Kier molecular flexibility index (Phi) is 4.63. The fourth-order valence-electron chi connectivity index (χ4n) is 3.27. The number of hydrogen-bond acceptors (Lipinski definition) is 6. The summed E-state index contributed by atoms with van der Waals surface area (Å²) >= 11 is 0. The summed E-state index contributed by atoms with van der Waals surface area (Å²) in [5, 5.41) is 5.52. The second-order valence-electron chi connectivity index (χ2n) is 6.72. The zero-order chi connectivity index (χ0) is 19.8. The van der Waals surface area contributed by atoms with Crippen LogP contribution in [0.5, 0.6) is 0 Å². The van der Waals surface area contributed by atoms with Crippen LogP contribution in [0.3, 0.4) is 0 Å². The van der Waals surface area contributed by atoms with Crippen LogP contribution in [0.4, 0.5) is 20.3 Å². The van der Waals surface area contributed by atoms with Gasteiger partial charge in [-0.2, -0.15) is 0 Å². The molecule has 0 aromatic carbocycles. The molecule has 10 heteroatoms. The first-order valence-electron chi connectivity index (χ1n) is 8.79. The number of anilines is 2. The van der Waals surface area contributed by atoms with Gasteiger partial charge in [-0.1, -0.05) is 0 Å². The maximum atomic E-state index is 14.1. The lowest BCUT2D eigenvalue weighted by Gasteiger charge is -2.16. The normalized spacial score (nSPS) is 19.4. The molecule has 3 aromatic heterocycles. The van der Waals surface area contributed by atoms with E-state index in [1.165, 1.54) is 22.9 Å². The van der Waals surface area contributed by atoms with Gasteiger partial charge in [0.25, 0.3) is 5.91 Å². The molecule has 1 aliphatic rings. The third-order valence-corrected chi connectivity index (χ3v) is 4.70. The predicted octanol–water partition coefficient (Wildman–Crippen LogP) is 1.57. The van der Waals surface area contributed by atoms with Crippen molar-refractivity contribution in [3.8, 4) is 0 Å². The Hall–Kier alpha value is -3.14. The average molecular weight is 387 g/mol. The Balaban J connectivity index is 1.48. The summed E-state index contributed by atoms with van der Waals surface area (Å²) in [6.45, 7) is 2.45. The number of aryl methyl sites for hydroxylation is 1. The highest BCUT2D eigenvalue weighted by Crippen LogP contribution is 2.20. The molecular weight excluding hydrogens is 368 g/mol. The minimum atomic E-state index is -0.994. The van der Waals surface area contributed by atoms with E-state index in [0.29, 0.717) is 18.1 Å². The van der Waals surface area contributed by atoms with E-state index in [2.05, 4.69) is 25.6 Å². The molecule has 8 nitrogen and oxygen atoms in total. The van der Waals surface area contributed by atoms with E-state index in [4.69, 9.17) is 0 Å². The fourth-order valence-corrected chi connectivity index (χ4v) is 3.27. The van der Waals surface area contributed by atoms with Crippen LogP contribution < -0.4 is 15.5 Å². The van der Waals surface area contributed by atoms with Crippen molar-refractivity contribution in [3.63, 3.8) is 0 Å². The van der Waals surface area contributed by atoms with Crippen molar-refractivity contribution in [2.75, 3.05) is 30.4 Å². The number of alkyl halides is 1. The predicted molar refractivity (Wildman–Crippen MR) is 99.8 cm³/mol. The lowest BCUT2D eigenvalue weighted by molar-refractivity contribution is 0.102. The summed E-state index contributed by atoms with van der Waals surface area (Å²) in [6, 6.07) is 0.937. The van der Waals surface area contributed by atoms with Crippen LogP contribution in [0.15, 0.2) is 30.9 Å². The van der Waals surface area contributed by atoms with Gasteiger partial charge in [0.1, 0.15) is 17.7 Å². The van der Waals surface area contributed by atoms with Crippen LogP contribution >= 0.6 is 0 Å². The average Bonchev–Trinajstić information content (AvgIpc) is 3.24. The highest BCUT2D eigenvalue weighted by atomic mass is 19.1. The molecular formula is C18H19F2N7O. The van der Waals surface area contributed by atoms with E-state index >= 15 is 0 Å². The molecule has 28 heavy (non-hydrogen) atoms. The first-order valence-corrected chi connectivity index (χ1v) is 8.79. The van der Waals surface area contributed by atoms with Gasteiger partial charge < -0.3 is 19.9 Å². The van der Waals surface area contributed by atoms with Crippen molar-refractivity contribution in [2.45, 2.75) is 19.1 Å². The Morgan fingerprint density at radius 3 is 2.75 bits per heavy atom. The van der Waals surface area contributed by atoms with Gasteiger partial charge in [-0.05, 0) is 14.0 Å². The van der Waals surface area contributed by atoms with Crippen molar-refractivity contribution < 1.29 is 13.6 Å². The standard InChI is InChI=1S/C18H19F2N7O/c1-10-6-27-7-11(3-12(19)17(27)24-10)25-18(28)14-4-23-16(5-22-14)26-8-13(20)15(9-26)21-2/h3-7,13,15,21H,8-9H2,1-2H3,(H,25,28)/t13-,15-/m1/s1. The molecule has 0 unspecified atom stereocenters. The molecule has 0 saturated carbocycles. The third-order valence-electron chi connectivity index (χ3n) is 4.70. The summed E-state index contributed by atoms with van der Waals surface area (Å²) in [7, 11) is 1.71. The Bertz CT molecular complexity index is 1020. The number of carbonyl (C=O) groups excluding carboxylic acids is 1. The van der Waals surface area contributed by atoms with E-state index < -0.39 is 17.9 Å². The molecule has 0 bridgehead atoms. The van der Waals surface area contributed by atoms with Gasteiger partial charge in [-0.25, -0.2) is 23.7 Å². The molecule has 1 amide bonds. The molecule has 4 rings (SSSR count). The number of hydrogen-bond donors (Lipinski definition) is 2. The van der Waals surface area contributed by atoms with Crippen LogP contribution in [0.1, 0.15) is 16.2 Å². The number of pyridine rings is 1. The number of fused-ring (bicyclic) bond motifs is 1. The number of halogens is 2. The summed E-state index contributed by atoms with van der Waals surface area (Å²) in [5.74, 6) is -0.563. The Morgan fingerprint density at radius 2 is 2.07 bits per heavy atom. The van der Waals surface area contributed by atoms with Gasteiger partial charge in [0.2, 0.25) is 0 Å². The molecule has 1 aliphatic heterocycles. The molecule has 4 heterocycles. The topological polar surface area (TPSA) is 87.5 Å². The van der Waals surface area contributed by atoms with Crippen LogP contribution in [0.25, 0.3) is 5.65 Å². The summed E-state index contributed by atoms with van der Waals surface area (Å²) < 4.78 is 29.5. The van der Waals surface area contributed by atoms with E-state index in [9.17, 15) is 13.6 Å². The molecule has 2 atom stereocenters. The second-order valence-corrected chi connectivity index (χ2v) is 6.72. The zero-order valence-corrected chi connectivity index (χ0v) is 15.4. The maximum absolute atomic E-state index is 14.1. The lowest BCUT2D eigenvalue weighted by atomic mass is 10.2. The number of carbonyl (C=O) groups is 1. The SMILES string of the molecule is CN[C@@H]1CN(c2cnc(C(=O)Nc3cc(F)c4nc(C)cn4c3)cn2)C[C@H]1F. The van der Waals surface area contributed by atoms with Crippen LogP contribution in [-0.2, 0) is 0 Å². The quantitative estimate of drug-likeness (QED) is 0.707. The third kappa shape index (κ3) is 3.38. The van der Waals surface area contributed by atoms with Gasteiger partial charge in [0.15, 0.2) is 11.5 Å². The maximum Gasteiger partial charge on any atom is 0.275 e. The van der Waals surface area contributed by atoms with Crippen LogP contribution in [0, 0.1) is 12.7 Å². The van der Waals surface area contributed by atoms with E-state index in [0.717, 1.165) is 0 Å². The molecule has 0 aliphatic carbocycles. The van der Waals surface area contributed by atoms with Gasteiger partial charge in [-0.3, -0.25) is 4.79 Å². The second kappa shape index (κ2) is 7.12. The number of likely N-dealkylation sites (N-methyl/N-ethyl adjacent to an activating group) is 1. The minimum Gasteiger partial charge on any atom is -0.351 e. The Morgan fingerprint density at radius 1 is 1.25 bits per heavy atom. The van der Waals surface area contributed by atoms with Crippen molar-refractivity contribution in [2.24, 2.45) is 0 Å². The molecule has 0 spiro atoms. The number of imidazole rings is 1. The molecule has 0 radical (unpaired) electrons. The first kappa shape index (κ1) is 18.2. The monoisotopic (exact) mass is 387 g/mol. The number of rotatable bonds is 4. The zero-order valence-electron chi connectivity index (χ0n) is 15.4. The van der Waals surface area contributed by atoms with Gasteiger partial charge >= 0.3 is 0 Å². The minimum absolute atomic E-state index is 0.0761. The highest BCUT2D eigenvalue weighted by Gasteiger charge is 2.32. The highest BCUT2D eigenvalue weighted by molar-refractivity contribution is 6.02. The van der Waals surface area contributed by atoms with E-state index in [1.807, 2.05) is 0 Å². The summed E-state index contributed by atoms with van der Waals surface area (Å²) in [4.78, 5) is 26.6. The molecule has 1 saturated heterocycles. The van der Waals surface area contributed by atoms with Crippen molar-refractivity contribution in [1.82, 2.24) is 24.7 Å². The Labute approximate surface area is 159 Å². The lowest BCUT2D eigenvalue weighted by Crippen LogP contribution is -2.34. The van der Waals surface area contributed by atoms with Crippen molar-refractivity contribution >= 4 is 23.1 Å². The van der Waals surface area contributed by atoms with Gasteiger partial charge in [-0.15, -0.1) is 0 Å². The fraction of sp³-hybridized carbons (Fsp3) is 0.333. The molecule has 1 fully saturated rings. The smallest absolute Gasteiger partial charge is 0.275 e. The summed E-state index contributed by atoms with van der Waals surface area (Å²) in [5.41, 5.74) is 1.21. The molecule has 2 N–H and O–H groups in total. The van der Waals surface area contributed by atoms with Crippen LogP contribution in [-0.4, -0.2) is 57.6 Å².